The summed E-state index contributed by atoms with van der Waals surface area (Å²) >= 11 is 3.28. The van der Waals surface area contributed by atoms with Crippen LogP contribution < -0.4 is 21.9 Å². The summed E-state index contributed by atoms with van der Waals surface area (Å²) in [6.07, 6.45) is 1.83. The molecule has 7 heteroatoms. The van der Waals surface area contributed by atoms with Gasteiger partial charge in [0, 0.05) is 19.1 Å². The van der Waals surface area contributed by atoms with Gasteiger partial charge in [0.1, 0.15) is 5.82 Å². The molecule has 0 bridgehead atoms. The number of nitrogens with two attached hydrogens (primary N) is 2. The summed E-state index contributed by atoms with van der Waals surface area (Å²) < 4.78 is 21.0. The van der Waals surface area contributed by atoms with Gasteiger partial charge in [-0.05, 0) is 46.5 Å². The van der Waals surface area contributed by atoms with Crippen LogP contribution in [0.1, 0.15) is 38.4 Å². The zero-order chi connectivity index (χ0) is 17.7. The molecule has 3 atom stereocenters. The van der Waals surface area contributed by atoms with E-state index in [2.05, 4.69) is 28.2 Å². The van der Waals surface area contributed by atoms with Crippen molar-refractivity contribution in [2.24, 2.45) is 11.5 Å². The molecule has 5 nitrogen and oxygen atoms in total. The third kappa shape index (κ3) is 4.47. The highest BCUT2D eigenvalue weighted by Crippen LogP contribution is 2.27. The van der Waals surface area contributed by atoms with Crippen molar-refractivity contribution in [2.45, 2.75) is 44.9 Å². The number of ether oxygens (including phenoxy) is 1. The van der Waals surface area contributed by atoms with Crippen molar-refractivity contribution in [1.82, 2.24) is 5.32 Å². The van der Waals surface area contributed by atoms with E-state index in [4.69, 9.17) is 16.2 Å². The van der Waals surface area contributed by atoms with Gasteiger partial charge in [0.05, 0.1) is 22.4 Å². The predicted molar refractivity (Wildman–Crippen MR) is 99.2 cm³/mol. The van der Waals surface area contributed by atoms with Gasteiger partial charge in [-0.1, -0.05) is 30.5 Å². The van der Waals surface area contributed by atoms with E-state index < -0.39 is 0 Å². The molecule has 1 unspecified atom stereocenters. The normalized spacial score (nSPS) is 23.5. The molecule has 0 aliphatic carbocycles. The molecule has 0 amide bonds. The molecule has 0 spiro atoms. The van der Waals surface area contributed by atoms with E-state index in [0.717, 1.165) is 25.1 Å². The number of halogens is 2. The lowest BCUT2D eigenvalue weighted by Crippen LogP contribution is -2.40. The first-order chi connectivity index (χ1) is 11.5. The fourth-order valence-corrected chi connectivity index (χ4v) is 3.04. The molecule has 134 valence electrons. The van der Waals surface area contributed by atoms with Crippen molar-refractivity contribution < 1.29 is 9.22 Å². The Hall–Kier alpha value is -1.15. The van der Waals surface area contributed by atoms with Gasteiger partial charge in [0.25, 0.3) is 0 Å². The summed E-state index contributed by atoms with van der Waals surface area (Å²) in [6.45, 7) is 5.65. The lowest BCUT2D eigenvalue weighted by Gasteiger charge is -2.30. The monoisotopic (exact) mass is 400 g/mol. The van der Waals surface area contributed by atoms with Crippen LogP contribution in [0.3, 0.4) is 0 Å². The Morgan fingerprint density at radius 2 is 2.04 bits per heavy atom. The average Bonchev–Trinajstić information content (AvgIpc) is 2.65. The summed E-state index contributed by atoms with van der Waals surface area (Å²) in [5.74, 6) is -0.0290. The van der Waals surface area contributed by atoms with E-state index in [-0.39, 0.29) is 24.1 Å². The third-order valence-corrected chi connectivity index (χ3v) is 5.22. The van der Waals surface area contributed by atoms with Gasteiger partial charge < -0.3 is 21.5 Å². The molecular formula is C17H26BrFN4O. The highest BCUT2D eigenvalue weighted by Gasteiger charge is 2.22. The van der Waals surface area contributed by atoms with Crippen LogP contribution in [0.2, 0.25) is 0 Å². The van der Waals surface area contributed by atoms with Crippen LogP contribution in [0.25, 0.3) is 0 Å². The molecule has 5 N–H and O–H groups in total. The highest BCUT2D eigenvalue weighted by molar-refractivity contribution is 9.11. The lowest BCUT2D eigenvalue weighted by molar-refractivity contribution is -0.0399. The van der Waals surface area contributed by atoms with E-state index in [1.807, 2.05) is 19.1 Å². The van der Waals surface area contributed by atoms with E-state index >= 15 is 0 Å². The molecular weight excluding hydrogens is 375 g/mol. The van der Waals surface area contributed by atoms with E-state index in [1.165, 1.54) is 0 Å². The first kappa shape index (κ1) is 19.2. The molecule has 24 heavy (non-hydrogen) atoms. The van der Waals surface area contributed by atoms with Gasteiger partial charge in [0.15, 0.2) is 0 Å². The van der Waals surface area contributed by atoms with Gasteiger partial charge >= 0.3 is 0 Å². The van der Waals surface area contributed by atoms with Gasteiger partial charge in [-0.25, -0.2) is 0 Å². The Morgan fingerprint density at radius 1 is 1.38 bits per heavy atom. The molecule has 2 rings (SSSR count). The lowest BCUT2D eigenvalue weighted by atomic mass is 10.1. The quantitative estimate of drug-likeness (QED) is 0.639. The zero-order valence-corrected chi connectivity index (χ0v) is 15.7. The van der Waals surface area contributed by atoms with Crippen LogP contribution in [-0.2, 0) is 4.74 Å². The summed E-state index contributed by atoms with van der Waals surface area (Å²) in [4.78, 5) is 0. The maximum absolute atomic E-state index is 14.5. The third-order valence-electron chi connectivity index (χ3n) is 4.23. The minimum atomic E-state index is -0.324. The van der Waals surface area contributed by atoms with Crippen LogP contribution in [0.15, 0.2) is 34.6 Å². The Balaban J connectivity index is 2.11. The molecule has 1 aliphatic rings. The van der Waals surface area contributed by atoms with Gasteiger partial charge in [-0.2, -0.15) is 5.12 Å². The van der Waals surface area contributed by atoms with E-state index in [9.17, 15) is 4.48 Å². The Kier molecular flexibility index (Phi) is 7.03. The minimum absolute atomic E-state index is 0.0149. The average molecular weight is 401 g/mol. The summed E-state index contributed by atoms with van der Waals surface area (Å²) in [7, 11) is 0. The second-order valence-electron chi connectivity index (χ2n) is 5.93. The predicted octanol–water partition coefficient (Wildman–Crippen LogP) is 3.08. The maximum Gasteiger partial charge on any atom is 0.146 e. The minimum Gasteiger partial charge on any atom is -0.382 e. The maximum atomic E-state index is 14.5. The van der Waals surface area contributed by atoms with Crippen molar-refractivity contribution >= 4 is 21.6 Å². The number of hydrogen-bond acceptors (Lipinski definition) is 5. The largest absolute Gasteiger partial charge is 0.382 e. The molecule has 0 radical (unpaired) electrons. The summed E-state index contributed by atoms with van der Waals surface area (Å²) in [5, 5.41) is 3.81. The van der Waals surface area contributed by atoms with Crippen LogP contribution in [0.4, 0.5) is 10.2 Å². The van der Waals surface area contributed by atoms with Crippen LogP contribution in [0, 0.1) is 0 Å². The number of hydrogen-bond donors (Lipinski definition) is 3. The second-order valence-corrected chi connectivity index (χ2v) is 6.79. The molecule has 1 saturated heterocycles. The zero-order valence-electron chi connectivity index (χ0n) is 14.1. The van der Waals surface area contributed by atoms with Gasteiger partial charge in [-0.3, -0.25) is 0 Å². The summed E-state index contributed by atoms with van der Waals surface area (Å²) in [5.41, 5.74) is 13.1. The van der Waals surface area contributed by atoms with Crippen molar-refractivity contribution in [3.05, 3.63) is 40.1 Å². The fourth-order valence-electron chi connectivity index (χ4n) is 2.56. The summed E-state index contributed by atoms with van der Waals surface area (Å²) in [6, 6.07) is 6.80. The van der Waals surface area contributed by atoms with Crippen LogP contribution in [0.5, 0.6) is 0 Å². The van der Waals surface area contributed by atoms with E-state index in [0.29, 0.717) is 21.7 Å². The fraction of sp³-hybridized carbons (Fsp3) is 0.529. The smallest absolute Gasteiger partial charge is 0.146 e. The Bertz CT molecular complexity index is 566. The number of nitrogens with zero attached hydrogens (tertiary/aromatic N) is 1. The number of nitrogens with one attached hydrogen (secondary N) is 1. The number of anilines is 1. The standard InChI is InChI=1S/C17H26BrFN4O/c1-3-13-9-22-10-15(24-13)11-5-7-12(8-6-11)23(19)17(21)16(18)14(20)4-2/h5-8,13-15,22H,3-4,9-10,20-21H2,1-2H3/b17-16-/t13-,14?,15-/m1/s1. The van der Waals surface area contributed by atoms with Crippen molar-refractivity contribution in [3.63, 3.8) is 0 Å². The van der Waals surface area contributed by atoms with Crippen molar-refractivity contribution in [1.29, 1.82) is 0 Å². The molecule has 1 aromatic carbocycles. The molecule has 0 saturated carbocycles. The number of morpholine rings is 1. The second kappa shape index (κ2) is 8.80. The topological polar surface area (TPSA) is 76.5 Å². The van der Waals surface area contributed by atoms with Gasteiger partial charge in [0.2, 0.25) is 0 Å². The Labute approximate surface area is 151 Å². The van der Waals surface area contributed by atoms with Crippen LogP contribution >= 0.6 is 15.9 Å². The van der Waals surface area contributed by atoms with Crippen molar-refractivity contribution in [3.8, 4) is 0 Å². The molecule has 1 heterocycles. The van der Waals surface area contributed by atoms with Crippen molar-refractivity contribution in [2.75, 3.05) is 18.2 Å². The number of benzene rings is 1. The molecule has 1 aliphatic heterocycles. The SMILES string of the molecule is CCC(N)/C(Br)=C(\N)N(F)c1ccc([C@H]2CNC[C@@H](CC)O2)cc1. The van der Waals surface area contributed by atoms with E-state index in [1.54, 1.807) is 12.1 Å². The first-order valence-corrected chi connectivity index (χ1v) is 9.09. The first-order valence-electron chi connectivity index (χ1n) is 8.30. The molecule has 0 aromatic heterocycles. The molecule has 1 aromatic rings. The van der Waals surface area contributed by atoms with Crippen LogP contribution in [-0.4, -0.2) is 25.2 Å². The highest BCUT2D eigenvalue weighted by atomic mass is 79.9. The van der Waals surface area contributed by atoms with Gasteiger partial charge in [-0.15, -0.1) is 0 Å². The number of rotatable bonds is 6. The Morgan fingerprint density at radius 3 is 2.62 bits per heavy atom. The molecule has 1 fully saturated rings.